The molecule has 1 atom stereocenters. The third kappa shape index (κ3) is 4.82. The Morgan fingerprint density at radius 1 is 1.18 bits per heavy atom. The molecule has 174 valence electrons. The molecule has 9 heteroatoms. The van der Waals surface area contributed by atoms with Crippen LogP contribution in [0.3, 0.4) is 0 Å². The van der Waals surface area contributed by atoms with Crippen molar-refractivity contribution in [1.29, 1.82) is 0 Å². The Bertz CT molecular complexity index is 1060. The Labute approximate surface area is 197 Å². The standard InChI is InChI=1S/C24H27ClN4O4/c1-33-21-12-20(26)19(25)11-18(21)22(30)27-13-15-7-10-28(14-15)8-4-9-29-23(31)16-5-2-3-6-17(16)24(29)32/h2-3,5-6,11-12,15H,4,7-10,13-14,26H2,1H3,(H,27,30). The van der Waals surface area contributed by atoms with Gasteiger partial charge in [-0.25, -0.2) is 0 Å². The van der Waals surface area contributed by atoms with E-state index in [0.29, 0.717) is 58.6 Å². The number of nitrogen functional groups attached to an aromatic ring is 1. The van der Waals surface area contributed by atoms with E-state index in [1.165, 1.54) is 18.1 Å². The zero-order chi connectivity index (χ0) is 23.5. The summed E-state index contributed by atoms with van der Waals surface area (Å²) in [6.07, 6.45) is 1.68. The number of hydrogen-bond donors (Lipinski definition) is 2. The molecule has 2 heterocycles. The quantitative estimate of drug-likeness (QED) is 0.454. The highest BCUT2D eigenvalue weighted by Crippen LogP contribution is 2.29. The molecule has 3 amide bonds. The van der Waals surface area contributed by atoms with E-state index in [-0.39, 0.29) is 17.7 Å². The number of nitrogens with zero attached hydrogens (tertiary/aromatic N) is 2. The zero-order valence-electron chi connectivity index (χ0n) is 18.5. The van der Waals surface area contributed by atoms with Crippen molar-refractivity contribution in [3.63, 3.8) is 0 Å². The van der Waals surface area contributed by atoms with Gasteiger partial charge in [0.1, 0.15) is 5.75 Å². The van der Waals surface area contributed by atoms with Crippen LogP contribution in [0.1, 0.15) is 43.9 Å². The molecule has 0 bridgehead atoms. The number of imide groups is 1. The molecule has 0 saturated carbocycles. The molecule has 0 aromatic heterocycles. The fourth-order valence-corrected chi connectivity index (χ4v) is 4.59. The Hall–Kier alpha value is -3.10. The van der Waals surface area contributed by atoms with E-state index >= 15 is 0 Å². The lowest BCUT2D eigenvalue weighted by atomic mass is 10.1. The molecular formula is C24H27ClN4O4. The lowest BCUT2D eigenvalue weighted by Gasteiger charge is -2.19. The Morgan fingerprint density at radius 3 is 2.55 bits per heavy atom. The second-order valence-electron chi connectivity index (χ2n) is 8.40. The normalized spacial score (nSPS) is 18.0. The maximum Gasteiger partial charge on any atom is 0.261 e. The molecule has 2 aromatic rings. The van der Waals surface area contributed by atoms with Gasteiger partial charge in [-0.15, -0.1) is 0 Å². The van der Waals surface area contributed by atoms with Gasteiger partial charge in [-0.1, -0.05) is 23.7 Å². The number of benzene rings is 2. The highest BCUT2D eigenvalue weighted by molar-refractivity contribution is 6.33. The number of ether oxygens (including phenoxy) is 1. The van der Waals surface area contributed by atoms with E-state index in [2.05, 4.69) is 10.2 Å². The van der Waals surface area contributed by atoms with Crippen LogP contribution in [0.4, 0.5) is 5.69 Å². The summed E-state index contributed by atoms with van der Waals surface area (Å²) >= 11 is 6.06. The van der Waals surface area contributed by atoms with Crippen molar-refractivity contribution in [1.82, 2.24) is 15.1 Å². The minimum Gasteiger partial charge on any atom is -0.496 e. The summed E-state index contributed by atoms with van der Waals surface area (Å²) in [5.41, 5.74) is 7.46. The van der Waals surface area contributed by atoms with E-state index in [4.69, 9.17) is 22.1 Å². The number of likely N-dealkylation sites (tertiary alicyclic amines) is 1. The molecule has 3 N–H and O–H groups in total. The molecule has 1 unspecified atom stereocenters. The number of rotatable bonds is 8. The Balaban J connectivity index is 1.22. The van der Waals surface area contributed by atoms with Crippen LogP contribution in [-0.4, -0.2) is 67.4 Å². The minimum atomic E-state index is -0.252. The van der Waals surface area contributed by atoms with E-state index in [0.717, 1.165) is 26.1 Å². The first-order chi connectivity index (χ1) is 15.9. The van der Waals surface area contributed by atoms with Crippen molar-refractivity contribution in [3.8, 4) is 5.75 Å². The molecule has 2 aromatic carbocycles. The lowest BCUT2D eigenvalue weighted by Crippen LogP contribution is -2.34. The van der Waals surface area contributed by atoms with Gasteiger partial charge in [0.25, 0.3) is 17.7 Å². The van der Waals surface area contributed by atoms with Crippen LogP contribution in [0.5, 0.6) is 5.75 Å². The van der Waals surface area contributed by atoms with Crippen LogP contribution < -0.4 is 15.8 Å². The van der Waals surface area contributed by atoms with E-state index in [1.54, 1.807) is 30.3 Å². The van der Waals surface area contributed by atoms with Crippen LogP contribution in [-0.2, 0) is 0 Å². The van der Waals surface area contributed by atoms with Gasteiger partial charge >= 0.3 is 0 Å². The lowest BCUT2D eigenvalue weighted by molar-refractivity contribution is 0.0648. The van der Waals surface area contributed by atoms with Crippen molar-refractivity contribution in [2.45, 2.75) is 12.8 Å². The fraction of sp³-hybridized carbons (Fsp3) is 0.375. The Kier molecular flexibility index (Phi) is 6.85. The second kappa shape index (κ2) is 9.80. The summed E-state index contributed by atoms with van der Waals surface area (Å²) in [4.78, 5) is 41.2. The van der Waals surface area contributed by atoms with E-state index in [9.17, 15) is 14.4 Å². The summed E-state index contributed by atoms with van der Waals surface area (Å²) in [6.45, 7) is 3.50. The third-order valence-electron chi connectivity index (χ3n) is 6.22. The van der Waals surface area contributed by atoms with Gasteiger partial charge in [-0.2, -0.15) is 0 Å². The van der Waals surface area contributed by atoms with Gasteiger partial charge in [-0.3, -0.25) is 19.3 Å². The van der Waals surface area contributed by atoms with Crippen LogP contribution in [0.25, 0.3) is 0 Å². The number of anilines is 1. The largest absolute Gasteiger partial charge is 0.496 e. The van der Waals surface area contributed by atoms with Crippen molar-refractivity contribution >= 4 is 35.0 Å². The van der Waals surface area contributed by atoms with Crippen molar-refractivity contribution in [2.75, 3.05) is 45.6 Å². The Morgan fingerprint density at radius 2 is 1.88 bits per heavy atom. The number of methoxy groups -OCH3 is 1. The summed E-state index contributed by atoms with van der Waals surface area (Å²) in [6, 6.07) is 10.0. The second-order valence-corrected chi connectivity index (χ2v) is 8.81. The molecule has 2 aliphatic heterocycles. The number of carbonyl (C=O) groups is 3. The number of nitrogens with one attached hydrogen (secondary N) is 1. The fourth-order valence-electron chi connectivity index (χ4n) is 4.42. The number of nitrogens with two attached hydrogens (primary N) is 1. The predicted molar refractivity (Wildman–Crippen MR) is 126 cm³/mol. The van der Waals surface area contributed by atoms with Gasteiger partial charge in [0.05, 0.1) is 34.5 Å². The van der Waals surface area contributed by atoms with Crippen molar-refractivity contribution in [3.05, 3.63) is 58.1 Å². The predicted octanol–water partition coefficient (Wildman–Crippen LogP) is 2.67. The van der Waals surface area contributed by atoms with Crippen molar-refractivity contribution < 1.29 is 19.1 Å². The summed E-state index contributed by atoms with van der Waals surface area (Å²) in [7, 11) is 1.48. The average molecular weight is 471 g/mol. The number of fused-ring (bicyclic) bond motifs is 1. The summed E-state index contributed by atoms with van der Waals surface area (Å²) < 4.78 is 5.25. The van der Waals surface area contributed by atoms with Gasteiger partial charge in [0.15, 0.2) is 0 Å². The first kappa shape index (κ1) is 23.1. The van der Waals surface area contributed by atoms with Crippen LogP contribution >= 0.6 is 11.6 Å². The van der Waals surface area contributed by atoms with E-state index < -0.39 is 0 Å². The maximum atomic E-state index is 12.6. The molecule has 0 aliphatic carbocycles. The maximum absolute atomic E-state index is 12.6. The highest BCUT2D eigenvalue weighted by Gasteiger charge is 2.34. The molecular weight excluding hydrogens is 444 g/mol. The minimum absolute atomic E-state index is 0.212. The summed E-state index contributed by atoms with van der Waals surface area (Å²) in [5, 5.41) is 3.27. The van der Waals surface area contributed by atoms with Crippen LogP contribution in [0.15, 0.2) is 36.4 Å². The number of halogens is 1. The molecule has 0 radical (unpaired) electrons. The van der Waals surface area contributed by atoms with Crippen molar-refractivity contribution in [2.24, 2.45) is 5.92 Å². The molecule has 4 rings (SSSR count). The molecule has 2 aliphatic rings. The molecule has 1 fully saturated rings. The van der Waals surface area contributed by atoms with Gasteiger partial charge in [0, 0.05) is 25.7 Å². The molecule has 0 spiro atoms. The van der Waals surface area contributed by atoms with Gasteiger partial charge in [-0.05, 0) is 50.0 Å². The van der Waals surface area contributed by atoms with Crippen LogP contribution in [0, 0.1) is 5.92 Å². The third-order valence-corrected chi connectivity index (χ3v) is 6.55. The topological polar surface area (TPSA) is 105 Å². The average Bonchev–Trinajstić information content (AvgIpc) is 3.37. The molecule has 33 heavy (non-hydrogen) atoms. The zero-order valence-corrected chi connectivity index (χ0v) is 19.2. The number of amides is 3. The van der Waals surface area contributed by atoms with E-state index in [1.807, 2.05) is 0 Å². The molecule has 8 nitrogen and oxygen atoms in total. The number of carbonyl (C=O) groups excluding carboxylic acids is 3. The first-order valence-corrected chi connectivity index (χ1v) is 11.4. The van der Waals surface area contributed by atoms with Crippen LogP contribution in [0.2, 0.25) is 5.02 Å². The molecule has 1 saturated heterocycles. The monoisotopic (exact) mass is 470 g/mol. The van der Waals surface area contributed by atoms with Gasteiger partial charge < -0.3 is 20.7 Å². The summed E-state index contributed by atoms with van der Waals surface area (Å²) in [5.74, 6) is 0.0311. The van der Waals surface area contributed by atoms with Gasteiger partial charge in [0.2, 0.25) is 0 Å². The number of hydrogen-bond acceptors (Lipinski definition) is 6. The smallest absolute Gasteiger partial charge is 0.261 e. The highest BCUT2D eigenvalue weighted by atomic mass is 35.5. The first-order valence-electron chi connectivity index (χ1n) is 11.0. The SMILES string of the molecule is COc1cc(N)c(Cl)cc1C(=O)NCC1CCN(CCCN2C(=O)c3ccccc3C2=O)C1.